The molecular weight excluding hydrogens is 522 g/mol. The minimum absolute atomic E-state index is 0.00904. The zero-order valence-electron chi connectivity index (χ0n) is 21.7. The van der Waals surface area contributed by atoms with Crippen LogP contribution >= 0.6 is 0 Å². The number of hydroxylamine groups is 3. The molecule has 9 nitrogen and oxygen atoms in total. The number of benzene rings is 3. The fraction of sp³-hybridized carbons (Fsp3) is 0.310. The summed E-state index contributed by atoms with van der Waals surface area (Å²) >= 11 is 0. The van der Waals surface area contributed by atoms with Crippen molar-refractivity contribution >= 4 is 22.6 Å². The molecular formula is C29H26F2N4O5. The summed E-state index contributed by atoms with van der Waals surface area (Å²) in [6.07, 6.45) is 0.177. The molecule has 0 radical (unpaired) electrons. The maximum absolute atomic E-state index is 14.6. The highest BCUT2D eigenvalue weighted by Gasteiger charge is 2.43. The summed E-state index contributed by atoms with van der Waals surface area (Å²) in [7, 11) is 0. The quantitative estimate of drug-likeness (QED) is 0.198. The molecule has 40 heavy (non-hydrogen) atoms. The molecule has 1 fully saturated rings. The number of para-hydroxylation sites is 1. The third kappa shape index (κ3) is 4.04. The van der Waals surface area contributed by atoms with Gasteiger partial charge >= 0.3 is 11.9 Å². The Morgan fingerprint density at radius 1 is 1.15 bits per heavy atom. The second kappa shape index (κ2) is 9.17. The monoisotopic (exact) mass is 548 g/mol. The smallest absolute Gasteiger partial charge is 0.314 e. The maximum Gasteiger partial charge on any atom is 0.314 e. The molecule has 0 unspecified atom stereocenters. The Labute approximate surface area is 228 Å². The van der Waals surface area contributed by atoms with Gasteiger partial charge in [-0.25, -0.2) is 13.6 Å². The lowest BCUT2D eigenvalue weighted by Crippen LogP contribution is -2.28. The van der Waals surface area contributed by atoms with Crippen molar-refractivity contribution in [1.29, 1.82) is 0 Å². The first-order chi connectivity index (χ1) is 19.3. The van der Waals surface area contributed by atoms with Crippen molar-refractivity contribution in [2.75, 3.05) is 38.2 Å². The van der Waals surface area contributed by atoms with Crippen LogP contribution in [0, 0.1) is 16.8 Å². The van der Waals surface area contributed by atoms with Gasteiger partial charge in [-0.05, 0) is 19.1 Å². The summed E-state index contributed by atoms with van der Waals surface area (Å²) in [4.78, 5) is 16.6. The van der Waals surface area contributed by atoms with Gasteiger partial charge in [0.05, 0.1) is 36.9 Å². The first kappa shape index (κ1) is 24.8. The number of amides is 1. The molecule has 0 spiro atoms. The lowest BCUT2D eigenvalue weighted by molar-refractivity contribution is -0.660. The van der Waals surface area contributed by atoms with Gasteiger partial charge in [-0.3, -0.25) is 9.21 Å². The number of nitrogens with zero attached hydrogens (tertiary/aromatic N) is 3. The van der Waals surface area contributed by atoms with Crippen LogP contribution in [0.25, 0.3) is 16.7 Å². The molecule has 206 valence electrons. The van der Waals surface area contributed by atoms with Gasteiger partial charge in [0.25, 0.3) is 0 Å². The van der Waals surface area contributed by atoms with Crippen LogP contribution < -0.4 is 19.5 Å². The fourth-order valence-corrected chi connectivity index (χ4v) is 5.52. The van der Waals surface area contributed by atoms with E-state index in [2.05, 4.69) is 10.3 Å². The van der Waals surface area contributed by atoms with Crippen molar-refractivity contribution < 1.29 is 32.4 Å². The minimum Gasteiger partial charge on any atom is -0.625 e. The summed E-state index contributed by atoms with van der Waals surface area (Å²) < 4.78 is 47.3. The van der Waals surface area contributed by atoms with Crippen molar-refractivity contribution in [3.8, 4) is 23.2 Å². The predicted octanol–water partition coefficient (Wildman–Crippen LogP) is 4.97. The molecule has 4 heterocycles. The van der Waals surface area contributed by atoms with Crippen LogP contribution in [0.15, 0.2) is 48.5 Å². The SMILES string of the molecule is CCOc1nc2c(F)cc(F)cc2n1-c1cccc2c1OC[C@H]2Nc1ccc2c(c1)OC[C@H]2CC(=O)[N+]1([O-])CC1. The number of hydrogen-bond donors (Lipinski definition) is 1. The van der Waals surface area contributed by atoms with Crippen molar-refractivity contribution in [2.45, 2.75) is 25.3 Å². The van der Waals surface area contributed by atoms with E-state index in [-0.39, 0.29) is 41.3 Å². The van der Waals surface area contributed by atoms with Crippen LogP contribution in [-0.4, -0.2) is 53.0 Å². The highest BCUT2D eigenvalue weighted by atomic mass is 19.1. The minimum atomic E-state index is -0.771. The molecule has 1 saturated heterocycles. The number of fused-ring (bicyclic) bond motifs is 3. The van der Waals surface area contributed by atoms with Gasteiger partial charge in [0.2, 0.25) is 0 Å². The lowest BCUT2D eigenvalue weighted by atomic mass is 9.97. The van der Waals surface area contributed by atoms with E-state index in [1.165, 1.54) is 6.07 Å². The first-order valence-electron chi connectivity index (χ1n) is 13.3. The van der Waals surface area contributed by atoms with Crippen LogP contribution in [0.4, 0.5) is 14.5 Å². The van der Waals surface area contributed by atoms with Gasteiger partial charge < -0.3 is 24.7 Å². The third-order valence-corrected chi connectivity index (χ3v) is 7.70. The topological polar surface area (TPSA) is 97.7 Å². The van der Waals surface area contributed by atoms with E-state index >= 15 is 0 Å². The number of quaternary nitrogens is 1. The molecule has 7 rings (SSSR count). The average molecular weight is 549 g/mol. The van der Waals surface area contributed by atoms with E-state index < -0.39 is 16.3 Å². The van der Waals surface area contributed by atoms with Gasteiger partial charge in [-0.1, -0.05) is 18.2 Å². The zero-order chi connectivity index (χ0) is 27.6. The van der Waals surface area contributed by atoms with Gasteiger partial charge in [-0.2, -0.15) is 4.98 Å². The number of hydrogen-bond acceptors (Lipinski definition) is 7. The third-order valence-electron chi connectivity index (χ3n) is 7.70. The van der Waals surface area contributed by atoms with Crippen LogP contribution in [0.2, 0.25) is 0 Å². The first-order valence-corrected chi connectivity index (χ1v) is 13.3. The normalized spacial score (nSPS) is 20.0. The van der Waals surface area contributed by atoms with Gasteiger partial charge in [0.15, 0.2) is 5.82 Å². The molecule has 3 aliphatic heterocycles. The Morgan fingerprint density at radius 2 is 2.00 bits per heavy atom. The standard InChI is InChI=1S/C29H26F2N4O5/c1-2-38-29-33-27-21(31)11-17(30)12-24(27)34(29)23-5-3-4-20-22(15-40-28(20)23)32-18-6-7-19-16(14-39-25(19)13-18)10-26(36)35(37)8-9-35/h3-7,11-13,16,22,32H,2,8-10,14-15H2,1H3/t16-,22-/m1/s1. The van der Waals surface area contributed by atoms with Gasteiger partial charge in [0.1, 0.15) is 42.5 Å². The second-order valence-corrected chi connectivity index (χ2v) is 10.3. The zero-order valence-corrected chi connectivity index (χ0v) is 21.7. The number of carbonyl (C=O) groups is 1. The molecule has 0 saturated carbocycles. The van der Waals surface area contributed by atoms with Crippen LogP contribution in [0.3, 0.4) is 0 Å². The maximum atomic E-state index is 14.6. The molecule has 1 amide bonds. The molecule has 3 aromatic carbocycles. The summed E-state index contributed by atoms with van der Waals surface area (Å²) in [6.45, 7) is 3.51. The Hall–Kier alpha value is -4.22. The van der Waals surface area contributed by atoms with Gasteiger partial charge in [0, 0.05) is 40.9 Å². The van der Waals surface area contributed by atoms with Crippen LogP contribution in [0.5, 0.6) is 17.5 Å². The Bertz CT molecular complexity index is 1670. The molecule has 2 atom stereocenters. The summed E-state index contributed by atoms with van der Waals surface area (Å²) in [6, 6.07) is 13.3. The second-order valence-electron chi connectivity index (χ2n) is 10.3. The van der Waals surface area contributed by atoms with E-state index in [4.69, 9.17) is 14.2 Å². The van der Waals surface area contributed by atoms with E-state index in [0.717, 1.165) is 22.9 Å². The highest BCUT2D eigenvalue weighted by molar-refractivity contribution is 5.81. The Morgan fingerprint density at radius 3 is 2.80 bits per heavy atom. The molecule has 1 aromatic heterocycles. The van der Waals surface area contributed by atoms with Crippen molar-refractivity contribution in [3.63, 3.8) is 0 Å². The number of anilines is 1. The number of nitrogens with one attached hydrogen (secondary N) is 1. The van der Waals surface area contributed by atoms with Crippen molar-refractivity contribution in [1.82, 2.24) is 9.55 Å². The molecule has 0 aliphatic carbocycles. The van der Waals surface area contributed by atoms with Crippen LogP contribution in [-0.2, 0) is 4.79 Å². The van der Waals surface area contributed by atoms with E-state index in [0.29, 0.717) is 50.1 Å². The lowest BCUT2D eigenvalue weighted by Gasteiger charge is -2.19. The number of ether oxygens (including phenoxy) is 3. The summed E-state index contributed by atoms with van der Waals surface area (Å²) in [5.74, 6) is -0.653. The molecule has 1 N–H and O–H groups in total. The number of carbonyl (C=O) groups excluding carboxylic acids is 1. The predicted molar refractivity (Wildman–Crippen MR) is 142 cm³/mol. The Kier molecular flexibility index (Phi) is 5.69. The number of aromatic nitrogens is 2. The molecule has 3 aliphatic rings. The fourth-order valence-electron chi connectivity index (χ4n) is 5.52. The number of imidazole rings is 1. The number of rotatable bonds is 7. The largest absolute Gasteiger partial charge is 0.625 e. The molecule has 4 aromatic rings. The van der Waals surface area contributed by atoms with E-state index in [1.807, 2.05) is 30.3 Å². The van der Waals surface area contributed by atoms with Crippen molar-refractivity contribution in [2.24, 2.45) is 0 Å². The average Bonchev–Trinajstić information content (AvgIpc) is 3.22. The Balaban J connectivity index is 1.17. The van der Waals surface area contributed by atoms with E-state index in [9.17, 15) is 18.8 Å². The molecule has 11 heteroatoms. The summed E-state index contributed by atoms with van der Waals surface area (Å²) in [5, 5.41) is 15.6. The van der Waals surface area contributed by atoms with Gasteiger partial charge in [-0.15, -0.1) is 0 Å². The molecule has 0 bridgehead atoms. The highest BCUT2D eigenvalue weighted by Crippen LogP contribution is 2.44. The van der Waals surface area contributed by atoms with Crippen molar-refractivity contribution in [3.05, 3.63) is 76.5 Å². The number of halogens is 2. The summed E-state index contributed by atoms with van der Waals surface area (Å²) in [5.41, 5.74) is 3.41. The van der Waals surface area contributed by atoms with E-state index in [1.54, 1.807) is 17.6 Å². The van der Waals surface area contributed by atoms with Crippen LogP contribution in [0.1, 0.15) is 36.4 Å².